The maximum atomic E-state index is 12.7. The molecule has 0 aliphatic rings. The first-order valence-electron chi connectivity index (χ1n) is 7.32. The van der Waals surface area contributed by atoms with Gasteiger partial charge >= 0.3 is 0 Å². The number of carbonyl (C=O) groups is 1. The number of amides is 1. The molecule has 0 unspecified atom stereocenters. The van der Waals surface area contributed by atoms with Gasteiger partial charge in [0.1, 0.15) is 17.4 Å². The van der Waals surface area contributed by atoms with E-state index in [1.54, 1.807) is 31.5 Å². The predicted molar refractivity (Wildman–Crippen MR) is 81.6 cm³/mol. The van der Waals surface area contributed by atoms with Gasteiger partial charge in [-0.1, -0.05) is 5.16 Å². The summed E-state index contributed by atoms with van der Waals surface area (Å²) in [6, 6.07) is 3.88. The van der Waals surface area contributed by atoms with Crippen molar-refractivity contribution in [3.05, 3.63) is 47.9 Å². The van der Waals surface area contributed by atoms with E-state index in [9.17, 15) is 13.6 Å². The Labute approximate surface area is 140 Å². The van der Waals surface area contributed by atoms with Crippen LogP contribution in [0.15, 0.2) is 35.1 Å². The zero-order chi connectivity index (χ0) is 18.0. The van der Waals surface area contributed by atoms with E-state index in [4.69, 9.17) is 4.52 Å². The summed E-state index contributed by atoms with van der Waals surface area (Å²) < 4.78 is 31.6. The fourth-order valence-electron chi connectivity index (χ4n) is 2.17. The number of aromatic nitrogens is 5. The second-order valence-corrected chi connectivity index (χ2v) is 5.27. The molecule has 10 heteroatoms. The van der Waals surface area contributed by atoms with E-state index >= 15 is 0 Å². The number of aryl methyl sites for hydroxylation is 1. The normalized spacial score (nSPS) is 12.4. The van der Waals surface area contributed by atoms with Crippen LogP contribution in [0, 0.1) is 0 Å². The van der Waals surface area contributed by atoms with Crippen LogP contribution in [0.1, 0.15) is 41.5 Å². The molecular formula is C15H14F2N6O2. The van der Waals surface area contributed by atoms with Crippen molar-refractivity contribution < 1.29 is 18.1 Å². The number of hydrogen-bond donors (Lipinski definition) is 1. The minimum atomic E-state index is -2.75. The highest BCUT2D eigenvalue weighted by Gasteiger charge is 2.22. The summed E-state index contributed by atoms with van der Waals surface area (Å²) in [5, 5.41) is 10.1. The molecule has 3 aromatic rings. The van der Waals surface area contributed by atoms with E-state index in [1.807, 2.05) is 0 Å². The molecule has 1 N–H and O–H groups in total. The van der Waals surface area contributed by atoms with Crippen molar-refractivity contribution in [2.75, 3.05) is 0 Å². The molecule has 3 heterocycles. The van der Waals surface area contributed by atoms with Crippen LogP contribution in [0.25, 0.3) is 11.4 Å². The summed E-state index contributed by atoms with van der Waals surface area (Å²) in [6.07, 6.45) is 0.447. The van der Waals surface area contributed by atoms with Gasteiger partial charge in [-0.25, -0.2) is 8.78 Å². The molecule has 0 saturated heterocycles. The van der Waals surface area contributed by atoms with Gasteiger partial charge in [0.2, 0.25) is 11.7 Å². The Hall–Kier alpha value is -3.17. The number of alkyl halides is 2. The Kier molecular flexibility index (Phi) is 4.50. The summed E-state index contributed by atoms with van der Waals surface area (Å²) in [5.41, 5.74) is 0.269. The molecule has 0 bridgehead atoms. The highest BCUT2D eigenvalue weighted by Crippen LogP contribution is 2.20. The fraction of sp³-hybridized carbons (Fsp3) is 0.267. The Morgan fingerprint density at radius 1 is 1.32 bits per heavy atom. The number of carbonyl (C=O) groups excluding carboxylic acids is 1. The van der Waals surface area contributed by atoms with Gasteiger partial charge in [0.25, 0.3) is 12.3 Å². The SMILES string of the molecule is C[C@H](NC(=O)c1cc(C(F)F)nn1C)c1nc(-c2ccncc2)no1. The van der Waals surface area contributed by atoms with Crippen molar-refractivity contribution in [3.63, 3.8) is 0 Å². The topological polar surface area (TPSA) is 98.7 Å². The van der Waals surface area contributed by atoms with Crippen molar-refractivity contribution in [3.8, 4) is 11.4 Å². The first kappa shape index (κ1) is 16.7. The number of halogens is 2. The van der Waals surface area contributed by atoms with Crippen molar-refractivity contribution >= 4 is 5.91 Å². The largest absolute Gasteiger partial charge is 0.339 e. The molecule has 0 aliphatic carbocycles. The van der Waals surface area contributed by atoms with Gasteiger partial charge in [0.15, 0.2) is 0 Å². The molecule has 130 valence electrons. The van der Waals surface area contributed by atoms with Crippen molar-refractivity contribution in [1.82, 2.24) is 30.2 Å². The molecule has 3 rings (SSSR count). The average molecular weight is 348 g/mol. The highest BCUT2D eigenvalue weighted by molar-refractivity contribution is 5.92. The third-order valence-corrected chi connectivity index (χ3v) is 3.45. The van der Waals surface area contributed by atoms with Crippen LogP contribution < -0.4 is 5.32 Å². The van der Waals surface area contributed by atoms with Crippen molar-refractivity contribution in [2.45, 2.75) is 19.4 Å². The van der Waals surface area contributed by atoms with Crippen molar-refractivity contribution in [2.24, 2.45) is 7.05 Å². The van der Waals surface area contributed by atoms with Gasteiger partial charge in [-0.3, -0.25) is 14.5 Å². The molecule has 0 fully saturated rings. The lowest BCUT2D eigenvalue weighted by Gasteiger charge is -2.09. The summed E-state index contributed by atoms with van der Waals surface area (Å²) in [7, 11) is 1.42. The average Bonchev–Trinajstić information content (AvgIpc) is 3.22. The maximum absolute atomic E-state index is 12.7. The second kappa shape index (κ2) is 6.75. The lowest BCUT2D eigenvalue weighted by atomic mass is 10.2. The smallest absolute Gasteiger partial charge is 0.282 e. The molecule has 0 saturated carbocycles. The van der Waals surface area contributed by atoms with Gasteiger partial charge in [-0.15, -0.1) is 0 Å². The Balaban J connectivity index is 1.73. The molecular weight excluding hydrogens is 334 g/mol. The molecule has 0 aromatic carbocycles. The van der Waals surface area contributed by atoms with Crippen LogP contribution in [0.3, 0.4) is 0 Å². The predicted octanol–water partition coefficient (Wildman–Crippen LogP) is 2.29. The Morgan fingerprint density at radius 3 is 2.68 bits per heavy atom. The number of nitrogens with zero attached hydrogens (tertiary/aromatic N) is 5. The van der Waals surface area contributed by atoms with E-state index in [0.717, 1.165) is 16.3 Å². The summed E-state index contributed by atoms with van der Waals surface area (Å²) >= 11 is 0. The van der Waals surface area contributed by atoms with Crippen LogP contribution >= 0.6 is 0 Å². The molecule has 0 aliphatic heterocycles. The molecule has 3 aromatic heterocycles. The lowest BCUT2D eigenvalue weighted by Crippen LogP contribution is -2.28. The van der Waals surface area contributed by atoms with E-state index in [0.29, 0.717) is 5.82 Å². The number of nitrogens with one attached hydrogen (secondary N) is 1. The zero-order valence-electron chi connectivity index (χ0n) is 13.3. The van der Waals surface area contributed by atoms with E-state index in [-0.39, 0.29) is 11.6 Å². The lowest BCUT2D eigenvalue weighted by molar-refractivity contribution is 0.0923. The van der Waals surface area contributed by atoms with Gasteiger partial charge in [-0.05, 0) is 25.1 Å². The molecule has 0 spiro atoms. The number of rotatable bonds is 5. The number of pyridine rings is 1. The Bertz CT molecular complexity index is 877. The van der Waals surface area contributed by atoms with E-state index in [1.165, 1.54) is 7.05 Å². The standard InChI is InChI=1S/C15H14F2N6O2/c1-8(15-20-13(22-25-15)9-3-5-18-6-4-9)19-14(24)11-7-10(12(16)17)21-23(11)2/h3-8,12H,1-2H3,(H,19,24)/t8-/m0/s1. The summed E-state index contributed by atoms with van der Waals surface area (Å²) in [5.74, 6) is -0.0199. The first-order chi connectivity index (χ1) is 12.0. The molecule has 25 heavy (non-hydrogen) atoms. The quantitative estimate of drug-likeness (QED) is 0.759. The van der Waals surface area contributed by atoms with Crippen LogP contribution in [0.4, 0.5) is 8.78 Å². The van der Waals surface area contributed by atoms with Crippen LogP contribution in [0.2, 0.25) is 0 Å². The zero-order valence-corrected chi connectivity index (χ0v) is 13.3. The summed E-state index contributed by atoms with van der Waals surface area (Å²) in [4.78, 5) is 20.4. The molecule has 0 radical (unpaired) electrons. The van der Waals surface area contributed by atoms with Crippen LogP contribution in [0.5, 0.6) is 0 Å². The summed E-state index contributed by atoms with van der Waals surface area (Å²) in [6.45, 7) is 1.64. The Morgan fingerprint density at radius 2 is 2.04 bits per heavy atom. The highest BCUT2D eigenvalue weighted by atomic mass is 19.3. The van der Waals surface area contributed by atoms with Gasteiger partial charge in [-0.2, -0.15) is 10.1 Å². The molecule has 1 amide bonds. The van der Waals surface area contributed by atoms with Crippen LogP contribution in [-0.4, -0.2) is 30.8 Å². The van der Waals surface area contributed by atoms with Gasteiger partial charge in [0.05, 0.1) is 0 Å². The molecule has 1 atom stereocenters. The van der Waals surface area contributed by atoms with Crippen molar-refractivity contribution in [1.29, 1.82) is 0 Å². The number of hydrogen-bond acceptors (Lipinski definition) is 6. The maximum Gasteiger partial charge on any atom is 0.282 e. The fourth-order valence-corrected chi connectivity index (χ4v) is 2.17. The third-order valence-electron chi connectivity index (χ3n) is 3.45. The first-order valence-corrected chi connectivity index (χ1v) is 7.32. The third kappa shape index (κ3) is 3.52. The van der Waals surface area contributed by atoms with Gasteiger partial charge < -0.3 is 9.84 Å². The van der Waals surface area contributed by atoms with Gasteiger partial charge in [0, 0.05) is 25.0 Å². The second-order valence-electron chi connectivity index (χ2n) is 5.27. The minimum Gasteiger partial charge on any atom is -0.339 e. The van der Waals surface area contributed by atoms with Crippen LogP contribution in [-0.2, 0) is 7.05 Å². The van der Waals surface area contributed by atoms with E-state index < -0.39 is 24.1 Å². The van der Waals surface area contributed by atoms with E-state index in [2.05, 4.69) is 25.5 Å². The minimum absolute atomic E-state index is 0.0102. The molecule has 8 nitrogen and oxygen atoms in total. The monoisotopic (exact) mass is 348 g/mol.